The molecule has 1 aromatic heterocycles. The molecule has 0 unspecified atom stereocenters. The molecule has 17 heteroatoms. The number of aromatic hydroxyl groups is 1. The number of hydrogen-bond donors (Lipinski definition) is 5. The Labute approximate surface area is 237 Å². The fourth-order valence-electron chi connectivity index (χ4n) is 3.66. The van der Waals surface area contributed by atoms with Crippen molar-refractivity contribution in [1.82, 2.24) is 20.0 Å². The van der Waals surface area contributed by atoms with Gasteiger partial charge in [0.2, 0.25) is 0 Å². The molecular weight excluding hydrogens is 578 g/mol. The molecule has 1 fully saturated rings. The number of para-hydroxylation sites is 1. The van der Waals surface area contributed by atoms with Crippen molar-refractivity contribution in [2.45, 2.75) is 25.6 Å². The van der Waals surface area contributed by atoms with E-state index in [4.69, 9.17) is 15.1 Å². The average molecular weight is 602 g/mol. The first kappa shape index (κ1) is 29.1. The van der Waals surface area contributed by atoms with E-state index in [0.29, 0.717) is 16.7 Å². The van der Waals surface area contributed by atoms with Crippen LogP contribution in [0.15, 0.2) is 64.2 Å². The van der Waals surface area contributed by atoms with Gasteiger partial charge in [0.25, 0.3) is 17.7 Å². The molecule has 1 saturated heterocycles. The third kappa shape index (κ3) is 6.83. The highest BCUT2D eigenvalue weighted by Gasteiger charge is 2.51. The Morgan fingerprint density at radius 2 is 1.93 bits per heavy atom. The molecule has 3 aromatic rings. The fourth-order valence-corrected chi connectivity index (χ4v) is 5.09. The molecule has 0 saturated carbocycles. The maximum Gasteiger partial charge on any atom is 0.362 e. The molecule has 4 rings (SSSR count). The summed E-state index contributed by atoms with van der Waals surface area (Å²) in [6.45, 7) is 1.22. The third-order valence-electron chi connectivity index (χ3n) is 5.76. The lowest BCUT2D eigenvalue weighted by Crippen LogP contribution is -2.71. The number of phenolic OH excluding ortho intramolecular Hbond substituents is 1. The molecule has 0 aliphatic carbocycles. The van der Waals surface area contributed by atoms with E-state index in [-0.39, 0.29) is 33.2 Å². The number of anilines is 1. The minimum atomic E-state index is -4.76. The van der Waals surface area contributed by atoms with Crippen LogP contribution in [0.5, 0.6) is 5.75 Å². The number of aromatic nitrogens is 1. The zero-order valence-electron chi connectivity index (χ0n) is 21.2. The van der Waals surface area contributed by atoms with Gasteiger partial charge in [-0.25, -0.2) is 14.7 Å². The summed E-state index contributed by atoms with van der Waals surface area (Å²) in [6, 6.07) is 10.5. The number of carbonyl (C=O) groups is 3. The predicted molar refractivity (Wildman–Crippen MR) is 147 cm³/mol. The van der Waals surface area contributed by atoms with Crippen LogP contribution in [-0.4, -0.2) is 69.1 Å². The summed E-state index contributed by atoms with van der Waals surface area (Å²) < 4.78 is 32.0. The van der Waals surface area contributed by atoms with E-state index in [1.807, 2.05) is 0 Å². The number of oxime groups is 1. The van der Waals surface area contributed by atoms with Gasteiger partial charge < -0.3 is 21.0 Å². The molecule has 214 valence electrons. The van der Waals surface area contributed by atoms with Gasteiger partial charge in [-0.3, -0.25) is 18.9 Å². The van der Waals surface area contributed by atoms with Crippen LogP contribution in [0.25, 0.3) is 0 Å². The molecule has 41 heavy (non-hydrogen) atoms. The number of benzene rings is 2. The Morgan fingerprint density at radius 1 is 1.22 bits per heavy atom. The number of carbonyl (C=O) groups excluding carboxylic acids is 3. The fraction of sp³-hybridized carbons (Fsp3) is 0.167. The predicted octanol–water partition coefficient (Wildman–Crippen LogP) is 0.634. The quantitative estimate of drug-likeness (QED) is 0.0942. The standard InChI is InChI=1S/C24H23N7O8S2/c1-13-19(23(35)31(13)41(36,37)38)28-22(34)20(17-12-40-24(25)27-17)30-39-11-14-6-8-15(9-7-14)21(33)29-26-10-16-4-2-3-5-18(16)32/h2-10,12-13,19,32H,11H2,1H3,(H2,25,27)(H,28,34)(H,29,33)(H,36,37,38)/b26-10+,30-20-/t13-,19-/m0/s1. The molecule has 0 radical (unpaired) electrons. The summed E-state index contributed by atoms with van der Waals surface area (Å²) in [5.41, 5.74) is 9.08. The van der Waals surface area contributed by atoms with Gasteiger partial charge in [-0.2, -0.15) is 13.5 Å². The molecular formula is C24H23N7O8S2. The second-order valence-corrected chi connectivity index (χ2v) is 10.7. The number of amides is 3. The minimum absolute atomic E-state index is 0.0197. The molecule has 2 aromatic carbocycles. The van der Waals surface area contributed by atoms with Gasteiger partial charge in [-0.05, 0) is 36.8 Å². The summed E-state index contributed by atoms with van der Waals surface area (Å²) in [5.74, 6) is -2.37. The Bertz CT molecular complexity index is 1640. The van der Waals surface area contributed by atoms with Crippen molar-refractivity contribution < 1.29 is 37.3 Å². The number of nitrogens with two attached hydrogens (primary N) is 1. The number of β-lactam (4-membered cyclic amide) rings is 1. The summed E-state index contributed by atoms with van der Waals surface area (Å²) in [4.78, 5) is 46.7. The second-order valence-electron chi connectivity index (χ2n) is 8.54. The van der Waals surface area contributed by atoms with Gasteiger partial charge in [0.1, 0.15) is 24.1 Å². The number of rotatable bonds is 10. The van der Waals surface area contributed by atoms with Crippen LogP contribution in [-0.2, 0) is 31.3 Å². The van der Waals surface area contributed by atoms with Crippen molar-refractivity contribution in [1.29, 1.82) is 0 Å². The van der Waals surface area contributed by atoms with Crippen molar-refractivity contribution >= 4 is 56.4 Å². The largest absolute Gasteiger partial charge is 0.507 e. The topological polar surface area (TPSA) is 226 Å². The normalized spacial score (nSPS) is 17.3. The van der Waals surface area contributed by atoms with Crippen LogP contribution in [0.4, 0.5) is 5.13 Å². The number of nitrogens with zero attached hydrogens (tertiary/aromatic N) is 4. The first-order valence-electron chi connectivity index (χ1n) is 11.7. The smallest absolute Gasteiger partial charge is 0.362 e. The highest BCUT2D eigenvalue weighted by atomic mass is 32.2. The van der Waals surface area contributed by atoms with Gasteiger partial charge in [0.05, 0.1) is 12.3 Å². The van der Waals surface area contributed by atoms with E-state index >= 15 is 0 Å². The van der Waals surface area contributed by atoms with Gasteiger partial charge in [0.15, 0.2) is 10.8 Å². The van der Waals surface area contributed by atoms with Crippen molar-refractivity contribution in [3.05, 3.63) is 76.3 Å². The summed E-state index contributed by atoms with van der Waals surface area (Å²) in [5, 5.41) is 21.4. The number of hydrogen-bond acceptors (Lipinski definition) is 12. The Kier molecular flexibility index (Phi) is 8.60. The lowest BCUT2D eigenvalue weighted by atomic mass is 10.0. The van der Waals surface area contributed by atoms with Gasteiger partial charge in [-0.1, -0.05) is 29.4 Å². The van der Waals surface area contributed by atoms with Crippen LogP contribution in [0.3, 0.4) is 0 Å². The highest BCUT2D eigenvalue weighted by Crippen LogP contribution is 2.23. The molecule has 0 spiro atoms. The Morgan fingerprint density at radius 3 is 2.54 bits per heavy atom. The molecule has 6 N–H and O–H groups in total. The van der Waals surface area contributed by atoms with Crippen LogP contribution < -0.4 is 16.5 Å². The van der Waals surface area contributed by atoms with E-state index in [1.54, 1.807) is 30.3 Å². The van der Waals surface area contributed by atoms with E-state index in [0.717, 1.165) is 11.3 Å². The third-order valence-corrected chi connectivity index (χ3v) is 7.44. The number of phenols is 1. The number of nitrogen functional groups attached to an aromatic ring is 1. The lowest BCUT2D eigenvalue weighted by Gasteiger charge is -2.42. The Balaban J connectivity index is 1.38. The minimum Gasteiger partial charge on any atom is -0.507 e. The molecule has 1 aliphatic rings. The number of hydrazone groups is 1. The molecule has 0 bridgehead atoms. The molecule has 3 amide bonds. The van der Waals surface area contributed by atoms with Gasteiger partial charge in [0, 0.05) is 16.5 Å². The van der Waals surface area contributed by atoms with Crippen molar-refractivity contribution in [3.63, 3.8) is 0 Å². The lowest BCUT2D eigenvalue weighted by molar-refractivity contribution is -0.143. The van der Waals surface area contributed by atoms with Crippen LogP contribution in [0, 0.1) is 0 Å². The average Bonchev–Trinajstić information content (AvgIpc) is 3.36. The van der Waals surface area contributed by atoms with E-state index in [2.05, 4.69) is 26.0 Å². The first-order chi connectivity index (χ1) is 19.5. The van der Waals surface area contributed by atoms with E-state index < -0.39 is 40.1 Å². The summed E-state index contributed by atoms with van der Waals surface area (Å²) in [6.07, 6.45) is 1.31. The SMILES string of the molecule is C[C@H]1[C@H](NC(=O)/C(=N\OCc2ccc(C(=O)N/N=C/c3ccccc3O)cc2)c2csc(N)n2)C(=O)N1S(=O)(=O)O. The zero-order valence-corrected chi connectivity index (χ0v) is 22.8. The second kappa shape index (κ2) is 12.1. The van der Waals surface area contributed by atoms with Crippen LogP contribution >= 0.6 is 11.3 Å². The van der Waals surface area contributed by atoms with Gasteiger partial charge in [-0.15, -0.1) is 11.3 Å². The van der Waals surface area contributed by atoms with Crippen molar-refractivity contribution in [2.75, 3.05) is 5.73 Å². The van der Waals surface area contributed by atoms with E-state index in [9.17, 15) is 27.9 Å². The first-order valence-corrected chi connectivity index (χ1v) is 14.0. The maximum atomic E-state index is 12.9. The van der Waals surface area contributed by atoms with E-state index in [1.165, 1.54) is 36.7 Å². The van der Waals surface area contributed by atoms with Crippen LogP contribution in [0.2, 0.25) is 0 Å². The number of nitrogens with one attached hydrogen (secondary N) is 2. The molecule has 2 atom stereocenters. The molecule has 2 heterocycles. The summed E-state index contributed by atoms with van der Waals surface area (Å²) >= 11 is 1.04. The van der Waals surface area contributed by atoms with Crippen molar-refractivity contribution in [3.8, 4) is 5.75 Å². The summed E-state index contributed by atoms with van der Waals surface area (Å²) in [7, 11) is -4.76. The van der Waals surface area contributed by atoms with Gasteiger partial charge >= 0.3 is 10.3 Å². The number of thiazole rings is 1. The molecule has 15 nitrogen and oxygen atoms in total. The van der Waals surface area contributed by atoms with Crippen molar-refractivity contribution in [2.24, 2.45) is 10.3 Å². The Hall–Kier alpha value is -4.87. The zero-order chi connectivity index (χ0) is 29.7. The molecule has 1 aliphatic heterocycles. The van der Waals surface area contributed by atoms with Crippen LogP contribution in [0.1, 0.15) is 34.1 Å². The monoisotopic (exact) mass is 601 g/mol. The highest BCUT2D eigenvalue weighted by molar-refractivity contribution is 7.84. The maximum absolute atomic E-state index is 12.9.